The summed E-state index contributed by atoms with van der Waals surface area (Å²) >= 11 is 0. The Kier molecular flexibility index (Phi) is 2.83. The molecule has 3 nitrogen and oxygen atoms in total. The summed E-state index contributed by atoms with van der Waals surface area (Å²) in [6.07, 6.45) is 1.70. The SMILES string of the molecule is O=c1ccccn1COc1ccccc1. The topological polar surface area (TPSA) is 31.2 Å². The van der Waals surface area contributed by atoms with E-state index in [2.05, 4.69) is 0 Å². The number of aromatic nitrogens is 1. The predicted octanol–water partition coefficient (Wildman–Crippen LogP) is 1.88. The van der Waals surface area contributed by atoms with Crippen LogP contribution < -0.4 is 10.3 Å². The molecule has 0 spiro atoms. The molecular formula is C12H11NO2. The van der Waals surface area contributed by atoms with Gasteiger partial charge in [-0.1, -0.05) is 24.3 Å². The lowest BCUT2D eigenvalue weighted by atomic mass is 10.3. The van der Waals surface area contributed by atoms with Gasteiger partial charge in [-0.15, -0.1) is 0 Å². The maximum absolute atomic E-state index is 11.3. The van der Waals surface area contributed by atoms with Crippen molar-refractivity contribution in [3.63, 3.8) is 0 Å². The Balaban J connectivity index is 2.06. The van der Waals surface area contributed by atoms with Crippen LogP contribution in [0.2, 0.25) is 0 Å². The van der Waals surface area contributed by atoms with E-state index in [1.807, 2.05) is 30.3 Å². The molecule has 1 aromatic heterocycles. The van der Waals surface area contributed by atoms with E-state index < -0.39 is 0 Å². The quantitative estimate of drug-likeness (QED) is 0.759. The van der Waals surface area contributed by atoms with Gasteiger partial charge in [-0.25, -0.2) is 0 Å². The van der Waals surface area contributed by atoms with Crippen LogP contribution in [-0.2, 0) is 6.73 Å². The van der Waals surface area contributed by atoms with E-state index in [-0.39, 0.29) is 12.3 Å². The molecule has 0 bridgehead atoms. The van der Waals surface area contributed by atoms with Crippen LogP contribution in [-0.4, -0.2) is 4.57 Å². The Bertz CT molecular complexity index is 476. The van der Waals surface area contributed by atoms with Gasteiger partial charge in [0, 0.05) is 12.3 Å². The third kappa shape index (κ3) is 2.47. The van der Waals surface area contributed by atoms with E-state index in [9.17, 15) is 4.79 Å². The van der Waals surface area contributed by atoms with Gasteiger partial charge < -0.3 is 4.74 Å². The minimum absolute atomic E-state index is 0.0616. The Morgan fingerprint density at radius 1 is 1.00 bits per heavy atom. The smallest absolute Gasteiger partial charge is 0.253 e. The highest BCUT2D eigenvalue weighted by molar-refractivity contribution is 5.20. The molecule has 0 aliphatic carbocycles. The first-order valence-electron chi connectivity index (χ1n) is 4.69. The fourth-order valence-electron chi connectivity index (χ4n) is 1.23. The van der Waals surface area contributed by atoms with E-state index in [1.165, 1.54) is 10.6 Å². The molecule has 0 saturated carbocycles. The van der Waals surface area contributed by atoms with Crippen LogP contribution in [0.1, 0.15) is 0 Å². The van der Waals surface area contributed by atoms with Gasteiger partial charge in [0.25, 0.3) is 5.56 Å². The number of benzene rings is 1. The third-order valence-corrected chi connectivity index (χ3v) is 2.01. The van der Waals surface area contributed by atoms with Crippen molar-refractivity contribution in [2.24, 2.45) is 0 Å². The first-order valence-corrected chi connectivity index (χ1v) is 4.69. The first kappa shape index (κ1) is 9.52. The number of hydrogen-bond donors (Lipinski definition) is 0. The summed E-state index contributed by atoms with van der Waals surface area (Å²) in [6.45, 7) is 0.240. The molecule has 0 N–H and O–H groups in total. The Labute approximate surface area is 87.6 Å². The van der Waals surface area contributed by atoms with Gasteiger partial charge in [0.2, 0.25) is 0 Å². The first-order chi connectivity index (χ1) is 7.36. The molecule has 0 fully saturated rings. The molecule has 0 amide bonds. The lowest BCUT2D eigenvalue weighted by molar-refractivity contribution is 0.232. The Morgan fingerprint density at radius 2 is 1.73 bits per heavy atom. The molecule has 0 aliphatic heterocycles. The van der Waals surface area contributed by atoms with Gasteiger partial charge in [-0.2, -0.15) is 0 Å². The Hall–Kier alpha value is -2.03. The minimum Gasteiger partial charge on any atom is -0.473 e. The molecule has 15 heavy (non-hydrogen) atoms. The van der Waals surface area contributed by atoms with Gasteiger partial charge >= 0.3 is 0 Å². The zero-order valence-electron chi connectivity index (χ0n) is 8.17. The average molecular weight is 201 g/mol. The molecule has 1 aromatic carbocycles. The molecule has 76 valence electrons. The van der Waals surface area contributed by atoms with Crippen LogP contribution in [0.15, 0.2) is 59.5 Å². The van der Waals surface area contributed by atoms with E-state index in [0.29, 0.717) is 0 Å². The molecule has 0 saturated heterocycles. The fourth-order valence-corrected chi connectivity index (χ4v) is 1.23. The van der Waals surface area contributed by atoms with Crippen molar-refractivity contribution < 1.29 is 4.74 Å². The summed E-state index contributed by atoms with van der Waals surface area (Å²) in [7, 11) is 0. The lowest BCUT2D eigenvalue weighted by Crippen LogP contribution is -2.20. The molecular weight excluding hydrogens is 190 g/mol. The van der Waals surface area contributed by atoms with Crippen molar-refractivity contribution >= 4 is 0 Å². The van der Waals surface area contributed by atoms with Gasteiger partial charge in [0.05, 0.1) is 0 Å². The highest BCUT2D eigenvalue weighted by atomic mass is 16.5. The van der Waals surface area contributed by atoms with Crippen molar-refractivity contribution in [3.8, 4) is 5.75 Å². The molecule has 0 aliphatic rings. The highest BCUT2D eigenvalue weighted by Crippen LogP contribution is 2.08. The maximum Gasteiger partial charge on any atom is 0.253 e. The molecule has 1 heterocycles. The van der Waals surface area contributed by atoms with E-state index in [4.69, 9.17) is 4.74 Å². The van der Waals surface area contributed by atoms with Crippen molar-refractivity contribution in [1.82, 2.24) is 4.57 Å². The maximum atomic E-state index is 11.3. The zero-order chi connectivity index (χ0) is 10.5. The van der Waals surface area contributed by atoms with Crippen molar-refractivity contribution in [3.05, 3.63) is 65.1 Å². The minimum atomic E-state index is -0.0616. The molecule has 2 aromatic rings. The monoisotopic (exact) mass is 201 g/mol. The van der Waals surface area contributed by atoms with Gasteiger partial charge in [-0.3, -0.25) is 9.36 Å². The number of rotatable bonds is 3. The lowest BCUT2D eigenvalue weighted by Gasteiger charge is -2.07. The number of nitrogens with zero attached hydrogens (tertiary/aromatic N) is 1. The summed E-state index contributed by atoms with van der Waals surface area (Å²) in [5.41, 5.74) is -0.0616. The van der Waals surface area contributed by atoms with E-state index in [0.717, 1.165) is 5.75 Å². The normalized spacial score (nSPS) is 9.87. The molecule has 3 heteroatoms. The van der Waals surface area contributed by atoms with E-state index in [1.54, 1.807) is 18.3 Å². The zero-order valence-corrected chi connectivity index (χ0v) is 8.17. The molecule has 0 unspecified atom stereocenters. The second kappa shape index (κ2) is 4.46. The van der Waals surface area contributed by atoms with Crippen LogP contribution in [0.25, 0.3) is 0 Å². The van der Waals surface area contributed by atoms with Crippen molar-refractivity contribution in [1.29, 1.82) is 0 Å². The number of ether oxygens (including phenoxy) is 1. The van der Waals surface area contributed by atoms with Crippen LogP contribution in [0.5, 0.6) is 5.75 Å². The van der Waals surface area contributed by atoms with E-state index >= 15 is 0 Å². The number of hydrogen-bond acceptors (Lipinski definition) is 2. The summed E-state index contributed by atoms with van der Waals surface area (Å²) in [4.78, 5) is 11.3. The molecule has 0 radical (unpaired) electrons. The predicted molar refractivity (Wildman–Crippen MR) is 57.8 cm³/mol. The summed E-state index contributed by atoms with van der Waals surface area (Å²) < 4.78 is 6.94. The summed E-state index contributed by atoms with van der Waals surface area (Å²) in [5.74, 6) is 0.758. The average Bonchev–Trinajstić information content (AvgIpc) is 2.29. The van der Waals surface area contributed by atoms with Crippen molar-refractivity contribution in [2.45, 2.75) is 6.73 Å². The molecule has 2 rings (SSSR count). The van der Waals surface area contributed by atoms with Gasteiger partial charge in [0.1, 0.15) is 5.75 Å². The highest BCUT2D eigenvalue weighted by Gasteiger charge is 1.94. The number of pyridine rings is 1. The fraction of sp³-hybridized carbons (Fsp3) is 0.0833. The summed E-state index contributed by atoms with van der Waals surface area (Å²) in [5, 5.41) is 0. The summed E-state index contributed by atoms with van der Waals surface area (Å²) in [6, 6.07) is 14.4. The van der Waals surface area contributed by atoms with Crippen LogP contribution in [0.4, 0.5) is 0 Å². The van der Waals surface area contributed by atoms with Gasteiger partial charge in [0.15, 0.2) is 6.73 Å². The van der Waals surface area contributed by atoms with Crippen LogP contribution in [0, 0.1) is 0 Å². The van der Waals surface area contributed by atoms with Crippen molar-refractivity contribution in [2.75, 3.05) is 0 Å². The van der Waals surface area contributed by atoms with Crippen LogP contribution >= 0.6 is 0 Å². The van der Waals surface area contributed by atoms with Crippen LogP contribution in [0.3, 0.4) is 0 Å². The Morgan fingerprint density at radius 3 is 2.47 bits per heavy atom. The van der Waals surface area contributed by atoms with Gasteiger partial charge in [-0.05, 0) is 18.2 Å². The molecule has 0 atom stereocenters. The second-order valence-corrected chi connectivity index (χ2v) is 3.10. The standard InChI is InChI=1S/C12H11NO2/c14-12-8-4-5-9-13(12)10-15-11-6-2-1-3-7-11/h1-9H,10H2. The largest absolute Gasteiger partial charge is 0.473 e. The third-order valence-electron chi connectivity index (χ3n) is 2.01. The number of para-hydroxylation sites is 1. The second-order valence-electron chi connectivity index (χ2n) is 3.10.